The smallest absolute Gasteiger partial charge is 0.172 e. The molecule has 0 bridgehead atoms. The van der Waals surface area contributed by atoms with E-state index in [0.29, 0.717) is 15.5 Å². The number of hydrogen-bond acceptors (Lipinski definition) is 3. The van der Waals surface area contributed by atoms with Gasteiger partial charge in [0.05, 0.1) is 0 Å². The largest absolute Gasteiger partial charge is 0.362 e. The van der Waals surface area contributed by atoms with E-state index in [4.69, 9.17) is 12.2 Å². The molecule has 4 nitrogen and oxygen atoms in total. The van der Waals surface area contributed by atoms with Crippen molar-refractivity contribution in [1.29, 1.82) is 0 Å². The molecule has 0 aliphatic heterocycles. The highest BCUT2D eigenvalue weighted by molar-refractivity contribution is 9.10. The van der Waals surface area contributed by atoms with E-state index in [9.17, 15) is 0 Å². The van der Waals surface area contributed by atoms with Crippen molar-refractivity contribution in [3.05, 3.63) is 52.4 Å². The fraction of sp³-hybridized carbons (Fsp3) is 0.214. The second-order valence-electron chi connectivity index (χ2n) is 4.25. The average molecular weight is 351 g/mol. The molecular formula is C14H15BrN4S. The molecule has 6 heteroatoms. The van der Waals surface area contributed by atoms with Gasteiger partial charge in [-0.15, -0.1) is 0 Å². The highest BCUT2D eigenvalue weighted by Crippen LogP contribution is 2.14. The summed E-state index contributed by atoms with van der Waals surface area (Å²) >= 11 is 8.55. The molecule has 1 aromatic carbocycles. The first-order chi connectivity index (χ1) is 9.66. The fourth-order valence-corrected chi connectivity index (χ4v) is 2.28. The van der Waals surface area contributed by atoms with Crippen molar-refractivity contribution < 1.29 is 0 Å². The molecule has 0 amide bonds. The summed E-state index contributed by atoms with van der Waals surface area (Å²) in [6.07, 6.45) is 4.16. The van der Waals surface area contributed by atoms with E-state index >= 15 is 0 Å². The Morgan fingerprint density at radius 1 is 1.25 bits per heavy atom. The first kappa shape index (κ1) is 14.9. The van der Waals surface area contributed by atoms with Gasteiger partial charge in [-0.1, -0.05) is 24.3 Å². The molecule has 104 valence electrons. The van der Waals surface area contributed by atoms with Gasteiger partial charge in [-0.25, -0.2) is 9.97 Å². The molecule has 0 aliphatic rings. The number of rotatable bonds is 4. The minimum absolute atomic E-state index is 0.541. The maximum atomic E-state index is 5.23. The van der Waals surface area contributed by atoms with Crippen LogP contribution in [0.4, 0.5) is 5.82 Å². The summed E-state index contributed by atoms with van der Waals surface area (Å²) in [5.74, 6) is 0.612. The summed E-state index contributed by atoms with van der Waals surface area (Å²) in [5, 5.41) is 6.72. The van der Waals surface area contributed by atoms with Crippen LogP contribution in [-0.2, 0) is 6.42 Å². The molecule has 2 rings (SSSR count). The molecule has 0 unspecified atom stereocenters. The number of aryl methyl sites for hydroxylation is 1. The van der Waals surface area contributed by atoms with Gasteiger partial charge in [-0.2, -0.15) is 0 Å². The second-order valence-corrected chi connectivity index (χ2v) is 5.41. The quantitative estimate of drug-likeness (QED) is 0.829. The van der Waals surface area contributed by atoms with Crippen molar-refractivity contribution in [1.82, 2.24) is 15.3 Å². The summed E-state index contributed by atoms with van der Waals surface area (Å²) in [5.41, 5.74) is 2.62. The number of hydrogen-bond donors (Lipinski definition) is 2. The Hall–Kier alpha value is -1.53. The molecule has 0 atom stereocenters. The third-order valence-electron chi connectivity index (χ3n) is 2.83. The van der Waals surface area contributed by atoms with E-state index in [1.807, 2.05) is 6.07 Å². The third kappa shape index (κ3) is 4.25. The molecule has 20 heavy (non-hydrogen) atoms. The van der Waals surface area contributed by atoms with Crippen molar-refractivity contribution in [3.8, 4) is 0 Å². The van der Waals surface area contributed by atoms with E-state index < -0.39 is 0 Å². The predicted octanol–water partition coefficient (Wildman–Crippen LogP) is 3.08. The van der Waals surface area contributed by atoms with Crippen LogP contribution in [-0.4, -0.2) is 21.6 Å². The van der Waals surface area contributed by atoms with Crippen LogP contribution >= 0.6 is 28.1 Å². The first-order valence-corrected chi connectivity index (χ1v) is 7.43. The fourth-order valence-electron chi connectivity index (χ4n) is 1.76. The summed E-state index contributed by atoms with van der Waals surface area (Å²) < 4.78 is 0.642. The van der Waals surface area contributed by atoms with E-state index in [-0.39, 0.29) is 0 Å². The van der Waals surface area contributed by atoms with E-state index in [1.54, 1.807) is 12.4 Å². The number of benzene rings is 1. The zero-order chi connectivity index (χ0) is 14.4. The molecule has 0 saturated carbocycles. The van der Waals surface area contributed by atoms with E-state index in [1.165, 1.54) is 11.1 Å². The standard InChI is InChI=1S/C14H15BrN4S/c1-10-4-2-3-5-11(10)6-7-18-14(20)19-13-12(15)16-8-9-17-13/h2-5,8-9H,6-7H2,1H3,(H2,17,18,19,20). The second kappa shape index (κ2) is 7.31. The lowest BCUT2D eigenvalue weighted by Gasteiger charge is -2.11. The minimum atomic E-state index is 0.541. The van der Waals surface area contributed by atoms with Crippen molar-refractivity contribution in [2.24, 2.45) is 0 Å². The summed E-state index contributed by atoms with van der Waals surface area (Å²) in [7, 11) is 0. The van der Waals surface area contributed by atoms with Gasteiger partial charge in [-0.05, 0) is 52.6 Å². The number of thiocarbonyl (C=S) groups is 1. The lowest BCUT2D eigenvalue weighted by molar-refractivity contribution is 0.867. The lowest BCUT2D eigenvalue weighted by Crippen LogP contribution is -2.30. The van der Waals surface area contributed by atoms with Crippen LogP contribution in [0.1, 0.15) is 11.1 Å². The average Bonchev–Trinajstić information content (AvgIpc) is 2.43. The SMILES string of the molecule is Cc1ccccc1CCNC(=S)Nc1nccnc1Br. The van der Waals surface area contributed by atoms with Crippen molar-refractivity contribution in [2.45, 2.75) is 13.3 Å². The maximum absolute atomic E-state index is 5.23. The molecule has 0 radical (unpaired) electrons. The van der Waals surface area contributed by atoms with Gasteiger partial charge in [0.15, 0.2) is 10.9 Å². The number of aromatic nitrogens is 2. The third-order valence-corrected chi connectivity index (χ3v) is 3.65. The summed E-state index contributed by atoms with van der Waals surface area (Å²) in [6, 6.07) is 8.34. The topological polar surface area (TPSA) is 49.8 Å². The Morgan fingerprint density at radius 2 is 2.00 bits per heavy atom. The highest BCUT2D eigenvalue weighted by Gasteiger charge is 2.04. The van der Waals surface area contributed by atoms with Gasteiger partial charge >= 0.3 is 0 Å². The van der Waals surface area contributed by atoms with E-state index in [0.717, 1.165) is 13.0 Å². The van der Waals surface area contributed by atoms with Gasteiger partial charge in [0.25, 0.3) is 0 Å². The van der Waals surface area contributed by atoms with Gasteiger partial charge < -0.3 is 10.6 Å². The summed E-state index contributed by atoms with van der Waals surface area (Å²) in [6.45, 7) is 2.89. The van der Waals surface area contributed by atoms with Gasteiger partial charge in [-0.3, -0.25) is 0 Å². The Labute approximate surface area is 132 Å². The Balaban J connectivity index is 1.82. The maximum Gasteiger partial charge on any atom is 0.172 e. The molecule has 0 spiro atoms. The van der Waals surface area contributed by atoms with Crippen LogP contribution in [0.15, 0.2) is 41.3 Å². The first-order valence-electron chi connectivity index (χ1n) is 6.22. The monoisotopic (exact) mass is 350 g/mol. The van der Waals surface area contributed by atoms with E-state index in [2.05, 4.69) is 61.7 Å². The van der Waals surface area contributed by atoms with Crippen LogP contribution < -0.4 is 10.6 Å². The van der Waals surface area contributed by atoms with Crippen molar-refractivity contribution in [2.75, 3.05) is 11.9 Å². The molecular weight excluding hydrogens is 336 g/mol. The predicted molar refractivity (Wildman–Crippen MR) is 88.8 cm³/mol. The molecule has 0 fully saturated rings. The molecule has 2 N–H and O–H groups in total. The van der Waals surface area contributed by atoms with Crippen LogP contribution in [0, 0.1) is 6.92 Å². The Bertz CT molecular complexity index is 603. The van der Waals surface area contributed by atoms with Crippen LogP contribution in [0.25, 0.3) is 0 Å². The molecule has 2 aromatic rings. The number of nitrogens with zero attached hydrogens (tertiary/aromatic N) is 2. The molecule has 0 aliphatic carbocycles. The number of halogens is 1. The Kier molecular flexibility index (Phi) is 5.43. The number of anilines is 1. The zero-order valence-corrected chi connectivity index (χ0v) is 13.5. The highest BCUT2D eigenvalue weighted by atomic mass is 79.9. The Morgan fingerprint density at radius 3 is 2.75 bits per heavy atom. The number of nitrogens with one attached hydrogen (secondary N) is 2. The zero-order valence-electron chi connectivity index (χ0n) is 11.1. The van der Waals surface area contributed by atoms with Gasteiger partial charge in [0.1, 0.15) is 4.60 Å². The normalized spacial score (nSPS) is 10.1. The molecule has 1 heterocycles. The van der Waals surface area contributed by atoms with Crippen molar-refractivity contribution >= 4 is 39.1 Å². The minimum Gasteiger partial charge on any atom is -0.362 e. The van der Waals surface area contributed by atoms with Gasteiger partial charge in [0.2, 0.25) is 0 Å². The van der Waals surface area contributed by atoms with Crippen LogP contribution in [0.5, 0.6) is 0 Å². The molecule has 1 aromatic heterocycles. The van der Waals surface area contributed by atoms with Crippen LogP contribution in [0.2, 0.25) is 0 Å². The van der Waals surface area contributed by atoms with Gasteiger partial charge in [0, 0.05) is 18.9 Å². The lowest BCUT2D eigenvalue weighted by atomic mass is 10.1. The summed E-state index contributed by atoms with van der Waals surface area (Å²) in [4.78, 5) is 8.23. The van der Waals surface area contributed by atoms with Crippen LogP contribution in [0.3, 0.4) is 0 Å². The molecule has 0 saturated heterocycles. The van der Waals surface area contributed by atoms with Crippen molar-refractivity contribution in [3.63, 3.8) is 0 Å².